The Balaban J connectivity index is 1.91. The third kappa shape index (κ3) is 13.7. The van der Waals surface area contributed by atoms with Crippen LogP contribution in [0.1, 0.15) is 88.0 Å². The molecule has 8 heteroatoms. The predicted octanol–water partition coefficient (Wildman–Crippen LogP) is 2.84. The molecule has 8 nitrogen and oxygen atoms in total. The zero-order valence-electron chi connectivity index (χ0n) is 29.9. The van der Waals surface area contributed by atoms with E-state index in [1.807, 2.05) is 65.5 Å². The van der Waals surface area contributed by atoms with E-state index in [0.717, 1.165) is 0 Å². The molecule has 2 saturated heterocycles. The molecule has 2 rings (SSSR count). The summed E-state index contributed by atoms with van der Waals surface area (Å²) in [4.78, 5) is 24.9. The Morgan fingerprint density at radius 3 is 1.35 bits per heavy atom. The quantitative estimate of drug-likeness (QED) is 0.245. The molecule has 2 N–H and O–H groups in total. The highest BCUT2D eigenvalue weighted by Gasteiger charge is 2.49. The number of hydrogen-bond donors (Lipinski definition) is 2. The van der Waals surface area contributed by atoms with E-state index in [2.05, 4.69) is 101 Å². The first kappa shape index (κ1) is 40.4. The normalized spacial score (nSPS) is 19.8. The summed E-state index contributed by atoms with van der Waals surface area (Å²) < 4.78 is 5.67. The molecule has 2 aliphatic heterocycles. The number of ether oxygens (including phenoxy) is 1. The Morgan fingerprint density at radius 1 is 0.653 bits per heavy atom. The fourth-order valence-corrected chi connectivity index (χ4v) is 6.32. The average Bonchev–Trinajstić information content (AvgIpc) is 2.94. The number of hydrogen-bond acceptors (Lipinski definition) is 8. The van der Waals surface area contributed by atoms with Gasteiger partial charge in [-0.1, -0.05) is 0 Å². The van der Waals surface area contributed by atoms with Gasteiger partial charge in [0, 0.05) is 40.9 Å². The summed E-state index contributed by atoms with van der Waals surface area (Å²) in [5, 5.41) is 25.3. The van der Waals surface area contributed by atoms with Gasteiger partial charge in [0.1, 0.15) is 11.7 Å². The monoisotopic (exact) mass is 660 g/mol. The van der Waals surface area contributed by atoms with Crippen molar-refractivity contribution in [2.45, 2.75) is 128 Å². The van der Waals surface area contributed by atoms with Crippen molar-refractivity contribution in [3.05, 3.63) is 0 Å². The molecule has 0 aromatic rings. The van der Waals surface area contributed by atoms with E-state index in [-0.39, 0.29) is 13.2 Å². The van der Waals surface area contributed by atoms with Crippen LogP contribution in [0.4, 0.5) is 0 Å². The number of aliphatic hydroxyl groups is 2. The van der Waals surface area contributed by atoms with Crippen LogP contribution in [0.2, 0.25) is 0 Å². The smallest absolute Gasteiger partial charge is 0.385 e. The molecule has 0 aromatic carbocycles. The number of carbonyl (C=O) groups is 1. The summed E-state index contributed by atoms with van der Waals surface area (Å²) in [6.07, 6.45) is 6.26. The minimum atomic E-state index is -1.30. The van der Waals surface area contributed by atoms with Crippen LogP contribution in [0.3, 0.4) is 0 Å². The number of hydroxylamine groups is 4. The highest BCUT2D eigenvalue weighted by atomic mass is 16.7. The lowest BCUT2D eigenvalue weighted by atomic mass is 9.80. The molecule has 0 aromatic heterocycles. The van der Waals surface area contributed by atoms with Crippen LogP contribution >= 0.6 is 0 Å². The molecule has 1 atom stereocenters. The van der Waals surface area contributed by atoms with Crippen LogP contribution in [0.25, 0.3) is 0 Å². The summed E-state index contributed by atoms with van der Waals surface area (Å²) in [5.41, 5.74) is -3.20. The van der Waals surface area contributed by atoms with Crippen LogP contribution in [-0.4, -0.2) is 79.5 Å². The van der Waals surface area contributed by atoms with Gasteiger partial charge in [-0.25, -0.2) is 4.79 Å². The zero-order chi connectivity index (χ0) is 36.8. The number of carbonyl (C=O) groups excluding carboxylic acids is 1. The Kier molecular flexibility index (Phi) is 14.5. The van der Waals surface area contributed by atoms with E-state index in [4.69, 9.17) is 20.8 Å². The third-order valence-electron chi connectivity index (χ3n) is 7.52. The van der Waals surface area contributed by atoms with Crippen LogP contribution in [0.5, 0.6) is 0 Å². The molecule has 2 heterocycles. The van der Waals surface area contributed by atoms with Crippen molar-refractivity contribution in [1.29, 1.82) is 0 Å². The molecular weight excluding hydrogens is 616 g/mol. The number of terminal acetylenes is 1. The molecule has 0 bridgehead atoms. The van der Waals surface area contributed by atoms with Gasteiger partial charge in [-0.3, -0.25) is 9.68 Å². The number of esters is 1. The summed E-state index contributed by atoms with van der Waals surface area (Å²) in [5.74, 6) is 40.9. The van der Waals surface area contributed by atoms with Gasteiger partial charge in [0.25, 0.3) is 0 Å². The fraction of sp³-hybridized carbons (Fsp3) is 0.537. The second kappa shape index (κ2) is 17.6. The maximum Gasteiger partial charge on any atom is 0.385 e. The van der Waals surface area contributed by atoms with Gasteiger partial charge < -0.3 is 14.9 Å². The van der Waals surface area contributed by atoms with Crippen molar-refractivity contribution in [3.63, 3.8) is 0 Å². The largest absolute Gasteiger partial charge is 0.453 e. The van der Waals surface area contributed by atoms with E-state index < -0.39 is 45.9 Å². The van der Waals surface area contributed by atoms with Gasteiger partial charge in [-0.2, -0.15) is 10.1 Å². The summed E-state index contributed by atoms with van der Waals surface area (Å²) in [7, 11) is 0. The molecule has 254 valence electrons. The molecule has 49 heavy (non-hydrogen) atoms. The van der Waals surface area contributed by atoms with Crippen LogP contribution in [0, 0.1) is 107 Å². The zero-order valence-corrected chi connectivity index (χ0v) is 29.9. The van der Waals surface area contributed by atoms with Crippen LogP contribution in [-0.2, 0) is 19.2 Å². The molecule has 0 saturated carbocycles. The lowest BCUT2D eigenvalue weighted by Gasteiger charge is -2.54. The van der Waals surface area contributed by atoms with Gasteiger partial charge in [0.2, 0.25) is 0 Å². The van der Waals surface area contributed by atoms with Crippen molar-refractivity contribution < 1.29 is 29.4 Å². The average molecular weight is 661 g/mol. The molecule has 0 radical (unpaired) electrons. The SMILES string of the molecule is C#CC#CC#CC#CC#CC#CC#CC#CC#CC(=O)OC1CC(C)(C)N(OCC(C)(O)CON2C(C)(C)CC(O)CC2(C)C)C(C)(C)C1. The topological polar surface area (TPSA) is 91.7 Å². The molecule has 0 spiro atoms. The van der Waals surface area contributed by atoms with Crippen LogP contribution < -0.4 is 0 Å². The molecule has 2 aliphatic rings. The Morgan fingerprint density at radius 2 is 0.980 bits per heavy atom. The number of aliphatic hydroxyl groups excluding tert-OH is 1. The lowest BCUT2D eigenvalue weighted by molar-refractivity contribution is -0.333. The molecule has 2 fully saturated rings. The minimum Gasteiger partial charge on any atom is -0.453 e. The molecule has 0 amide bonds. The first-order valence-electron chi connectivity index (χ1n) is 15.8. The van der Waals surface area contributed by atoms with Gasteiger partial charge in [0.15, 0.2) is 0 Å². The third-order valence-corrected chi connectivity index (χ3v) is 7.52. The minimum absolute atomic E-state index is 0.0109. The fourth-order valence-electron chi connectivity index (χ4n) is 6.32. The molecule has 1 unspecified atom stereocenters. The van der Waals surface area contributed by atoms with Gasteiger partial charge in [-0.05, 0) is 170 Å². The summed E-state index contributed by atoms with van der Waals surface area (Å²) in [6.45, 7) is 17.7. The Labute approximate surface area is 293 Å². The lowest BCUT2D eigenvalue weighted by Crippen LogP contribution is -2.63. The maximum atomic E-state index is 12.5. The summed E-state index contributed by atoms with van der Waals surface area (Å²) >= 11 is 0. The van der Waals surface area contributed by atoms with E-state index in [9.17, 15) is 15.0 Å². The van der Waals surface area contributed by atoms with E-state index in [1.165, 1.54) is 0 Å². The number of nitrogens with zero attached hydrogens (tertiary/aromatic N) is 2. The second-order valence-electron chi connectivity index (χ2n) is 14.5. The molecule has 0 aliphatic carbocycles. The Hall–Kier alpha value is -4.73. The van der Waals surface area contributed by atoms with Gasteiger partial charge in [-0.15, -0.1) is 6.42 Å². The van der Waals surface area contributed by atoms with Crippen molar-refractivity contribution in [1.82, 2.24) is 10.1 Å². The number of rotatable bonds is 7. The highest BCUT2D eigenvalue weighted by molar-refractivity contribution is 5.89. The maximum absolute atomic E-state index is 12.5. The first-order valence-corrected chi connectivity index (χ1v) is 15.8. The number of piperidine rings is 2. The van der Waals surface area contributed by atoms with E-state index in [0.29, 0.717) is 25.7 Å². The van der Waals surface area contributed by atoms with E-state index >= 15 is 0 Å². The second-order valence-corrected chi connectivity index (χ2v) is 14.5. The summed E-state index contributed by atoms with van der Waals surface area (Å²) in [6, 6.07) is 0. The van der Waals surface area contributed by atoms with Crippen LogP contribution in [0.15, 0.2) is 0 Å². The van der Waals surface area contributed by atoms with Crippen molar-refractivity contribution in [3.8, 4) is 107 Å². The predicted molar refractivity (Wildman–Crippen MR) is 188 cm³/mol. The van der Waals surface area contributed by atoms with Crippen molar-refractivity contribution >= 4 is 5.97 Å². The first-order chi connectivity index (χ1) is 22.8. The van der Waals surface area contributed by atoms with Crippen molar-refractivity contribution in [2.75, 3.05) is 13.2 Å². The van der Waals surface area contributed by atoms with Gasteiger partial charge in [0.05, 0.1) is 19.3 Å². The molecular formula is C41H44N2O6. The standard InChI is InChI=1S/C41H44N2O6/c1-11-12-13-14-15-16-17-18-19-20-21-22-23-24-25-26-27-36(45)49-35-30-39(6,7)43(40(8,9)31-35)48-33-41(10,46)32-47-42-37(2,3)28-34(44)29-38(42,4)5/h1,34-35,44,46H,28-33H2,2-10H3. The highest BCUT2D eigenvalue weighted by Crippen LogP contribution is 2.41. The Bertz CT molecular complexity index is 1770. The van der Waals surface area contributed by atoms with Crippen molar-refractivity contribution in [2.24, 2.45) is 0 Å². The van der Waals surface area contributed by atoms with Gasteiger partial charge >= 0.3 is 5.97 Å². The van der Waals surface area contributed by atoms with E-state index in [1.54, 1.807) is 6.92 Å².